The van der Waals surface area contributed by atoms with Crippen molar-refractivity contribution in [3.05, 3.63) is 29.3 Å². The lowest BCUT2D eigenvalue weighted by atomic mass is 10.3. The van der Waals surface area contributed by atoms with E-state index in [-0.39, 0.29) is 5.91 Å². The van der Waals surface area contributed by atoms with E-state index >= 15 is 0 Å². The molecule has 0 radical (unpaired) electrons. The molecule has 1 unspecified atom stereocenters. The SMILES string of the molecule is CONC(=O)C(C)Oc1ccc(Cl)cc1. The monoisotopic (exact) mass is 229 g/mol. The molecular formula is C10H12ClNO3. The van der Waals surface area contributed by atoms with Crippen LogP contribution < -0.4 is 10.2 Å². The topological polar surface area (TPSA) is 47.6 Å². The van der Waals surface area contributed by atoms with Crippen molar-refractivity contribution < 1.29 is 14.4 Å². The van der Waals surface area contributed by atoms with Gasteiger partial charge in [0.2, 0.25) is 0 Å². The van der Waals surface area contributed by atoms with E-state index in [0.717, 1.165) is 0 Å². The van der Waals surface area contributed by atoms with Gasteiger partial charge in [0.25, 0.3) is 5.91 Å². The Kier molecular flexibility index (Phi) is 4.39. The van der Waals surface area contributed by atoms with Crippen molar-refractivity contribution in [3.8, 4) is 5.75 Å². The molecule has 0 fully saturated rings. The van der Waals surface area contributed by atoms with Gasteiger partial charge < -0.3 is 4.74 Å². The second-order valence-corrected chi connectivity index (χ2v) is 3.32. The van der Waals surface area contributed by atoms with E-state index in [1.54, 1.807) is 31.2 Å². The molecule has 82 valence electrons. The molecule has 1 amide bonds. The Morgan fingerprint density at radius 2 is 2.00 bits per heavy atom. The molecule has 0 saturated heterocycles. The standard InChI is InChI=1S/C10H12ClNO3/c1-7(10(13)12-14-2)15-9-5-3-8(11)4-6-9/h3-7H,1-2H3,(H,12,13). The first-order valence-electron chi connectivity index (χ1n) is 4.38. The molecule has 1 aromatic rings. The summed E-state index contributed by atoms with van der Waals surface area (Å²) < 4.78 is 5.33. The number of benzene rings is 1. The minimum atomic E-state index is -0.619. The van der Waals surface area contributed by atoms with E-state index in [4.69, 9.17) is 16.3 Å². The van der Waals surface area contributed by atoms with Crippen molar-refractivity contribution in [2.24, 2.45) is 0 Å². The molecule has 5 heteroatoms. The largest absolute Gasteiger partial charge is 0.481 e. The van der Waals surface area contributed by atoms with Gasteiger partial charge >= 0.3 is 0 Å². The number of halogens is 1. The van der Waals surface area contributed by atoms with Crippen molar-refractivity contribution >= 4 is 17.5 Å². The number of ether oxygens (including phenoxy) is 1. The van der Waals surface area contributed by atoms with Crippen molar-refractivity contribution in [1.82, 2.24) is 5.48 Å². The maximum atomic E-state index is 11.2. The van der Waals surface area contributed by atoms with Crippen LogP contribution >= 0.6 is 11.6 Å². The first-order chi connectivity index (χ1) is 7.13. The number of carbonyl (C=O) groups excluding carboxylic acids is 1. The molecule has 0 saturated carbocycles. The molecule has 0 heterocycles. The highest BCUT2D eigenvalue weighted by Crippen LogP contribution is 2.16. The Morgan fingerprint density at radius 3 is 2.53 bits per heavy atom. The van der Waals surface area contributed by atoms with E-state index in [1.807, 2.05) is 0 Å². The lowest BCUT2D eigenvalue weighted by Gasteiger charge is -2.13. The molecule has 1 rings (SSSR count). The van der Waals surface area contributed by atoms with E-state index < -0.39 is 6.10 Å². The number of amides is 1. The second-order valence-electron chi connectivity index (χ2n) is 2.88. The normalized spacial score (nSPS) is 11.9. The quantitative estimate of drug-likeness (QED) is 0.801. The van der Waals surface area contributed by atoms with Crippen molar-refractivity contribution in [3.63, 3.8) is 0 Å². The summed E-state index contributed by atoms with van der Waals surface area (Å²) in [5, 5.41) is 0.622. The van der Waals surface area contributed by atoms with E-state index in [9.17, 15) is 4.79 Å². The van der Waals surface area contributed by atoms with Crippen LogP contribution in [-0.4, -0.2) is 19.1 Å². The van der Waals surface area contributed by atoms with Crippen LogP contribution in [0.3, 0.4) is 0 Å². The molecule has 15 heavy (non-hydrogen) atoms. The number of carbonyl (C=O) groups is 1. The molecule has 1 atom stereocenters. The highest BCUT2D eigenvalue weighted by Gasteiger charge is 2.13. The van der Waals surface area contributed by atoms with E-state index in [1.165, 1.54) is 7.11 Å². The highest BCUT2D eigenvalue weighted by atomic mass is 35.5. The highest BCUT2D eigenvalue weighted by molar-refractivity contribution is 6.30. The Hall–Kier alpha value is -1.26. The van der Waals surface area contributed by atoms with Crippen LogP contribution in [0.5, 0.6) is 5.75 Å². The molecule has 1 N–H and O–H groups in total. The molecular weight excluding hydrogens is 218 g/mol. The fourth-order valence-electron chi connectivity index (χ4n) is 0.954. The van der Waals surface area contributed by atoms with Gasteiger partial charge in [-0.15, -0.1) is 0 Å². The lowest BCUT2D eigenvalue weighted by Crippen LogP contribution is -2.35. The van der Waals surface area contributed by atoms with Crippen LogP contribution in [0.15, 0.2) is 24.3 Å². The summed E-state index contributed by atoms with van der Waals surface area (Å²) in [5.41, 5.74) is 2.19. The smallest absolute Gasteiger partial charge is 0.284 e. The Balaban J connectivity index is 2.54. The molecule has 0 bridgehead atoms. The van der Waals surface area contributed by atoms with Crippen LogP contribution in [-0.2, 0) is 9.63 Å². The minimum Gasteiger partial charge on any atom is -0.481 e. The van der Waals surface area contributed by atoms with Crippen molar-refractivity contribution in [1.29, 1.82) is 0 Å². The third-order valence-corrected chi connectivity index (χ3v) is 1.95. The van der Waals surface area contributed by atoms with Gasteiger partial charge in [0.15, 0.2) is 6.10 Å². The van der Waals surface area contributed by atoms with E-state index in [0.29, 0.717) is 10.8 Å². The van der Waals surface area contributed by atoms with Crippen LogP contribution in [0.25, 0.3) is 0 Å². The number of hydroxylamine groups is 1. The van der Waals surface area contributed by atoms with Crippen molar-refractivity contribution in [2.45, 2.75) is 13.0 Å². The Bertz CT molecular complexity index is 326. The fraction of sp³-hybridized carbons (Fsp3) is 0.300. The van der Waals surface area contributed by atoms with Gasteiger partial charge in [-0.1, -0.05) is 11.6 Å². The predicted molar refractivity (Wildman–Crippen MR) is 56.7 cm³/mol. The van der Waals surface area contributed by atoms with Gasteiger partial charge in [0, 0.05) is 5.02 Å². The van der Waals surface area contributed by atoms with Gasteiger partial charge in [-0.25, -0.2) is 5.48 Å². The molecule has 0 aromatic heterocycles. The number of hydrogen-bond donors (Lipinski definition) is 1. The van der Waals surface area contributed by atoms with Gasteiger partial charge in [-0.2, -0.15) is 0 Å². The van der Waals surface area contributed by atoms with Crippen LogP contribution in [0.4, 0.5) is 0 Å². The van der Waals surface area contributed by atoms with Crippen molar-refractivity contribution in [2.75, 3.05) is 7.11 Å². The first kappa shape index (κ1) is 11.8. The average molecular weight is 230 g/mol. The summed E-state index contributed by atoms with van der Waals surface area (Å²) in [6, 6.07) is 6.77. The van der Waals surface area contributed by atoms with Crippen LogP contribution in [0.1, 0.15) is 6.92 Å². The average Bonchev–Trinajstić information content (AvgIpc) is 2.22. The lowest BCUT2D eigenvalue weighted by molar-refractivity contribution is -0.137. The first-order valence-corrected chi connectivity index (χ1v) is 4.76. The molecule has 0 spiro atoms. The van der Waals surface area contributed by atoms with Gasteiger partial charge in [0.05, 0.1) is 7.11 Å². The van der Waals surface area contributed by atoms with Crippen LogP contribution in [0, 0.1) is 0 Å². The zero-order chi connectivity index (χ0) is 11.3. The predicted octanol–water partition coefficient (Wildman–Crippen LogP) is 1.78. The molecule has 1 aromatic carbocycles. The summed E-state index contributed by atoms with van der Waals surface area (Å²) >= 11 is 5.71. The summed E-state index contributed by atoms with van der Waals surface area (Å²) in [6.45, 7) is 1.63. The maximum Gasteiger partial charge on any atom is 0.284 e. The summed E-state index contributed by atoms with van der Waals surface area (Å²) in [7, 11) is 1.37. The van der Waals surface area contributed by atoms with Gasteiger partial charge in [0.1, 0.15) is 5.75 Å². The molecule has 0 aliphatic rings. The number of rotatable bonds is 4. The third kappa shape index (κ3) is 3.77. The van der Waals surface area contributed by atoms with Gasteiger partial charge in [-0.3, -0.25) is 9.63 Å². The maximum absolute atomic E-state index is 11.2. The summed E-state index contributed by atoms with van der Waals surface area (Å²) in [4.78, 5) is 15.7. The summed E-state index contributed by atoms with van der Waals surface area (Å²) in [6.07, 6.45) is -0.619. The summed E-state index contributed by atoms with van der Waals surface area (Å²) in [5.74, 6) is 0.241. The minimum absolute atomic E-state index is 0.340. The Labute approximate surface area is 93.1 Å². The number of nitrogens with one attached hydrogen (secondary N) is 1. The molecule has 0 aliphatic heterocycles. The second kappa shape index (κ2) is 5.58. The number of hydrogen-bond acceptors (Lipinski definition) is 3. The fourth-order valence-corrected chi connectivity index (χ4v) is 1.08. The van der Waals surface area contributed by atoms with E-state index in [2.05, 4.69) is 10.3 Å². The van der Waals surface area contributed by atoms with Crippen LogP contribution in [0.2, 0.25) is 5.02 Å². The zero-order valence-electron chi connectivity index (χ0n) is 8.49. The molecule has 0 aliphatic carbocycles. The van der Waals surface area contributed by atoms with Gasteiger partial charge in [-0.05, 0) is 31.2 Å². The zero-order valence-corrected chi connectivity index (χ0v) is 9.25. The third-order valence-electron chi connectivity index (χ3n) is 1.70. The Morgan fingerprint density at radius 1 is 1.40 bits per heavy atom. The molecule has 4 nitrogen and oxygen atoms in total.